The molecule has 0 N–H and O–H groups in total. The molecule has 1 aliphatic heterocycles. The summed E-state index contributed by atoms with van der Waals surface area (Å²) < 4.78 is 37.1. The highest BCUT2D eigenvalue weighted by Crippen LogP contribution is 2.29. The number of carbonyl (C=O) groups is 1. The molecule has 1 fully saturated rings. The number of rotatable bonds is 2. The third-order valence-corrected chi connectivity index (χ3v) is 3.11. The zero-order valence-corrected chi connectivity index (χ0v) is 10.1. The molecule has 18 heavy (non-hydrogen) atoms. The first kappa shape index (κ1) is 13.2. The van der Waals surface area contributed by atoms with Crippen molar-refractivity contribution in [2.75, 3.05) is 6.54 Å². The normalized spacial score (nSPS) is 20.6. The Morgan fingerprint density at radius 1 is 1.28 bits per heavy atom. The number of hydrogen-bond acceptors (Lipinski definition) is 1. The largest absolute Gasteiger partial charge is 0.416 e. The summed E-state index contributed by atoms with van der Waals surface area (Å²) in [6.45, 7) is 0.752. The number of alkyl halides is 4. The average Bonchev–Trinajstić information content (AvgIpc) is 2.57. The predicted octanol–water partition coefficient (Wildman–Crippen LogP) is 3.05. The Balaban J connectivity index is 2.05. The van der Waals surface area contributed by atoms with Crippen LogP contribution in [0.4, 0.5) is 13.2 Å². The minimum atomic E-state index is -4.33. The summed E-state index contributed by atoms with van der Waals surface area (Å²) in [6, 6.07) is 4.82. The molecule has 0 bridgehead atoms. The Labute approximate surface area is 107 Å². The van der Waals surface area contributed by atoms with E-state index in [1.54, 1.807) is 4.90 Å². The molecule has 1 aromatic carbocycles. The van der Waals surface area contributed by atoms with Crippen molar-refractivity contribution in [1.29, 1.82) is 0 Å². The Morgan fingerprint density at radius 3 is 2.33 bits per heavy atom. The number of halogens is 4. The van der Waals surface area contributed by atoms with Crippen LogP contribution in [0.15, 0.2) is 24.3 Å². The van der Waals surface area contributed by atoms with Crippen LogP contribution in [0.5, 0.6) is 0 Å². The third-order valence-electron chi connectivity index (χ3n) is 2.82. The van der Waals surface area contributed by atoms with E-state index >= 15 is 0 Å². The SMILES string of the molecule is O=C1CC(Cl)CN1Cc1ccc(C(F)(F)F)cc1. The first-order chi connectivity index (χ1) is 8.36. The van der Waals surface area contributed by atoms with Gasteiger partial charge in [-0.1, -0.05) is 12.1 Å². The van der Waals surface area contributed by atoms with Gasteiger partial charge in [-0.3, -0.25) is 4.79 Å². The van der Waals surface area contributed by atoms with Crippen LogP contribution in [0.1, 0.15) is 17.5 Å². The minimum Gasteiger partial charge on any atom is -0.337 e. The average molecular weight is 278 g/mol. The van der Waals surface area contributed by atoms with Gasteiger partial charge >= 0.3 is 6.18 Å². The molecule has 0 saturated carbocycles. The van der Waals surface area contributed by atoms with E-state index in [1.807, 2.05) is 0 Å². The van der Waals surface area contributed by atoms with Crippen molar-refractivity contribution < 1.29 is 18.0 Å². The maximum atomic E-state index is 12.4. The number of amides is 1. The standard InChI is InChI=1S/C12H11ClF3NO/c13-10-5-11(18)17(7-10)6-8-1-3-9(4-2-8)12(14,15)16/h1-4,10H,5-7H2. The monoisotopic (exact) mass is 277 g/mol. The Morgan fingerprint density at radius 2 is 1.89 bits per heavy atom. The molecule has 0 aliphatic carbocycles. The molecule has 0 spiro atoms. The topological polar surface area (TPSA) is 20.3 Å². The Bertz CT molecular complexity index is 444. The first-order valence-electron chi connectivity index (χ1n) is 5.44. The van der Waals surface area contributed by atoms with Crippen LogP contribution in [-0.4, -0.2) is 22.7 Å². The second-order valence-corrected chi connectivity index (χ2v) is 4.89. The molecule has 1 aromatic rings. The lowest BCUT2D eigenvalue weighted by Gasteiger charge is -2.16. The summed E-state index contributed by atoms with van der Waals surface area (Å²) >= 11 is 5.84. The fourth-order valence-electron chi connectivity index (χ4n) is 1.90. The van der Waals surface area contributed by atoms with Crippen LogP contribution in [0, 0.1) is 0 Å². The van der Waals surface area contributed by atoms with E-state index in [2.05, 4.69) is 0 Å². The summed E-state index contributed by atoms with van der Waals surface area (Å²) in [5, 5.41) is -0.202. The zero-order chi connectivity index (χ0) is 13.3. The van der Waals surface area contributed by atoms with Gasteiger partial charge in [-0.25, -0.2) is 0 Å². The molecule has 1 heterocycles. The molecule has 6 heteroatoms. The third kappa shape index (κ3) is 2.96. The number of carbonyl (C=O) groups excluding carboxylic acids is 1. The Hall–Kier alpha value is -1.23. The van der Waals surface area contributed by atoms with Gasteiger partial charge in [0.25, 0.3) is 0 Å². The highest BCUT2D eigenvalue weighted by Gasteiger charge is 2.31. The molecule has 1 unspecified atom stereocenters. The van der Waals surface area contributed by atoms with Gasteiger partial charge in [-0.05, 0) is 17.7 Å². The van der Waals surface area contributed by atoms with Crippen LogP contribution < -0.4 is 0 Å². The van der Waals surface area contributed by atoms with Crippen LogP contribution in [0.25, 0.3) is 0 Å². The van der Waals surface area contributed by atoms with Crippen molar-refractivity contribution in [1.82, 2.24) is 4.90 Å². The molecule has 98 valence electrons. The van der Waals surface area contributed by atoms with Crippen molar-refractivity contribution in [3.05, 3.63) is 35.4 Å². The fourth-order valence-corrected chi connectivity index (χ4v) is 2.19. The molecular weight excluding hydrogens is 267 g/mol. The fraction of sp³-hybridized carbons (Fsp3) is 0.417. The second kappa shape index (κ2) is 4.80. The zero-order valence-electron chi connectivity index (χ0n) is 9.38. The summed E-state index contributed by atoms with van der Waals surface area (Å²) in [5.74, 6) is -0.0603. The predicted molar refractivity (Wildman–Crippen MR) is 61.1 cm³/mol. The van der Waals surface area contributed by atoms with Crippen LogP contribution in [0.3, 0.4) is 0 Å². The van der Waals surface area contributed by atoms with E-state index in [-0.39, 0.29) is 11.3 Å². The van der Waals surface area contributed by atoms with E-state index in [1.165, 1.54) is 12.1 Å². The van der Waals surface area contributed by atoms with Crippen molar-refractivity contribution in [3.63, 3.8) is 0 Å². The molecule has 2 rings (SSSR count). The molecule has 0 radical (unpaired) electrons. The number of benzene rings is 1. The summed E-state index contributed by atoms with van der Waals surface area (Å²) in [6.07, 6.45) is -4.04. The molecule has 1 amide bonds. The quantitative estimate of drug-likeness (QED) is 0.761. The molecule has 0 aromatic heterocycles. The maximum absolute atomic E-state index is 12.4. The first-order valence-corrected chi connectivity index (χ1v) is 5.88. The smallest absolute Gasteiger partial charge is 0.337 e. The number of hydrogen-bond donors (Lipinski definition) is 0. The lowest BCUT2D eigenvalue weighted by atomic mass is 10.1. The number of likely N-dealkylation sites (tertiary alicyclic amines) is 1. The van der Waals surface area contributed by atoms with Gasteiger partial charge in [0, 0.05) is 19.5 Å². The van der Waals surface area contributed by atoms with Crippen molar-refractivity contribution in [2.24, 2.45) is 0 Å². The minimum absolute atomic E-state index is 0.0603. The van der Waals surface area contributed by atoms with Gasteiger partial charge in [-0.2, -0.15) is 13.2 Å². The van der Waals surface area contributed by atoms with E-state index in [9.17, 15) is 18.0 Å². The van der Waals surface area contributed by atoms with Crippen LogP contribution >= 0.6 is 11.6 Å². The lowest BCUT2D eigenvalue weighted by Crippen LogP contribution is -2.24. The summed E-state index contributed by atoms with van der Waals surface area (Å²) in [5.41, 5.74) is -0.0173. The lowest BCUT2D eigenvalue weighted by molar-refractivity contribution is -0.137. The van der Waals surface area contributed by atoms with Crippen molar-refractivity contribution in [2.45, 2.75) is 24.5 Å². The van der Waals surface area contributed by atoms with Crippen LogP contribution in [0.2, 0.25) is 0 Å². The van der Waals surface area contributed by atoms with Gasteiger partial charge in [0.1, 0.15) is 0 Å². The highest BCUT2D eigenvalue weighted by atomic mass is 35.5. The maximum Gasteiger partial charge on any atom is 0.416 e. The Kier molecular flexibility index (Phi) is 3.52. The van der Waals surface area contributed by atoms with Crippen molar-refractivity contribution in [3.8, 4) is 0 Å². The summed E-state index contributed by atoms with van der Waals surface area (Å²) in [7, 11) is 0. The molecule has 1 atom stereocenters. The molecular formula is C12H11ClF3NO. The molecule has 2 nitrogen and oxygen atoms in total. The van der Waals surface area contributed by atoms with E-state index in [4.69, 9.17) is 11.6 Å². The van der Waals surface area contributed by atoms with Gasteiger partial charge in [0.15, 0.2) is 0 Å². The molecule has 1 aliphatic rings. The van der Waals surface area contributed by atoms with Crippen LogP contribution in [-0.2, 0) is 17.5 Å². The molecule has 1 saturated heterocycles. The number of nitrogens with zero attached hydrogens (tertiary/aromatic N) is 1. The van der Waals surface area contributed by atoms with E-state index in [0.717, 1.165) is 12.1 Å². The highest BCUT2D eigenvalue weighted by molar-refractivity contribution is 6.22. The van der Waals surface area contributed by atoms with Crippen molar-refractivity contribution >= 4 is 17.5 Å². The van der Waals surface area contributed by atoms with Gasteiger partial charge in [0.05, 0.1) is 10.9 Å². The van der Waals surface area contributed by atoms with Gasteiger partial charge in [0.2, 0.25) is 5.91 Å². The van der Waals surface area contributed by atoms with Gasteiger partial charge in [-0.15, -0.1) is 11.6 Å². The van der Waals surface area contributed by atoms with Gasteiger partial charge < -0.3 is 4.90 Å². The van der Waals surface area contributed by atoms with E-state index in [0.29, 0.717) is 25.1 Å². The second-order valence-electron chi connectivity index (χ2n) is 4.27. The summed E-state index contributed by atoms with van der Waals surface area (Å²) in [4.78, 5) is 13.0. The van der Waals surface area contributed by atoms with E-state index < -0.39 is 11.7 Å².